The Morgan fingerprint density at radius 2 is 1.66 bits per heavy atom. The van der Waals surface area contributed by atoms with Crippen LogP contribution in [0.25, 0.3) is 10.9 Å². The van der Waals surface area contributed by atoms with Gasteiger partial charge in [-0.05, 0) is 6.07 Å². The van der Waals surface area contributed by atoms with E-state index in [1.807, 2.05) is 4.90 Å². The lowest BCUT2D eigenvalue weighted by molar-refractivity contribution is -0.135. The van der Waals surface area contributed by atoms with Crippen molar-refractivity contribution >= 4 is 46.9 Å². The topological polar surface area (TPSA) is 168 Å². The van der Waals surface area contributed by atoms with Crippen molar-refractivity contribution in [3.63, 3.8) is 0 Å². The number of fused-ring (bicyclic) bond motifs is 1. The third-order valence-corrected chi connectivity index (χ3v) is 4.46. The normalized spacial score (nSPS) is 13.3. The summed E-state index contributed by atoms with van der Waals surface area (Å²) in [5.74, 6) is 1.03. The third kappa shape index (κ3) is 5.06. The Bertz CT molecular complexity index is 888. The number of ether oxygens (including phenoxy) is 2. The van der Waals surface area contributed by atoms with Crippen LogP contribution in [0.3, 0.4) is 0 Å². The summed E-state index contributed by atoms with van der Waals surface area (Å²) in [6, 6.07) is 3.50. The van der Waals surface area contributed by atoms with E-state index in [1.165, 1.54) is 0 Å². The summed E-state index contributed by atoms with van der Waals surface area (Å²) >= 11 is 0. The molecule has 2 aromatic rings. The number of nitrogens with zero attached hydrogens (tertiary/aromatic N) is 4. The Morgan fingerprint density at radius 3 is 2.21 bits per heavy atom. The minimum Gasteiger partial charge on any atom is -0.493 e. The lowest BCUT2D eigenvalue weighted by atomic mass is 10.2. The van der Waals surface area contributed by atoms with E-state index in [0.29, 0.717) is 60.3 Å². The number of benzene rings is 1. The van der Waals surface area contributed by atoms with Gasteiger partial charge in [0.25, 0.3) is 0 Å². The summed E-state index contributed by atoms with van der Waals surface area (Å²) in [4.78, 5) is 35.4. The van der Waals surface area contributed by atoms with E-state index in [4.69, 9.17) is 20.9 Å². The summed E-state index contributed by atoms with van der Waals surface area (Å²) in [6.07, 6.45) is -0.277. The molecule has 6 N–H and O–H groups in total. The van der Waals surface area contributed by atoms with Crippen LogP contribution in [0.5, 0.6) is 11.5 Å². The SMILES string of the molecule is COc1cc2nc(N3CCN(C(=O)CC(N)=O)CC3)nc(N)c2cc1OC.Cl.O. The maximum atomic E-state index is 11.9. The number of aromatic nitrogens is 2. The second-order valence-corrected chi connectivity index (χ2v) is 6.14. The molecule has 0 spiro atoms. The molecular formula is C17H25ClN6O5. The standard InChI is InChI=1S/C17H22N6O4.ClH.H2O/c1-26-12-7-10-11(8-13(12)27-2)20-17(21-16(10)19)23-5-3-22(4-6-23)15(25)9-14(18)24;;/h7-8H,3-6,9H2,1-2H3,(H2,18,24)(H2,19,20,21);1H;1H2. The molecule has 29 heavy (non-hydrogen) atoms. The predicted octanol–water partition coefficient (Wildman–Crippen LogP) is -0.650. The molecule has 1 aliphatic rings. The van der Waals surface area contributed by atoms with E-state index in [1.54, 1.807) is 31.3 Å². The molecule has 12 heteroatoms. The minimum atomic E-state index is -0.627. The van der Waals surface area contributed by atoms with E-state index < -0.39 is 5.91 Å². The van der Waals surface area contributed by atoms with E-state index in [2.05, 4.69) is 9.97 Å². The maximum Gasteiger partial charge on any atom is 0.232 e. The number of primary amides is 1. The van der Waals surface area contributed by atoms with Gasteiger partial charge in [0, 0.05) is 37.6 Å². The monoisotopic (exact) mass is 428 g/mol. The van der Waals surface area contributed by atoms with E-state index in [0.717, 1.165) is 0 Å². The Hall–Kier alpha value is -3.05. The van der Waals surface area contributed by atoms with Gasteiger partial charge in [0.05, 0.1) is 19.7 Å². The third-order valence-electron chi connectivity index (χ3n) is 4.46. The number of nitrogen functional groups attached to an aromatic ring is 1. The zero-order valence-corrected chi connectivity index (χ0v) is 17.0. The fourth-order valence-electron chi connectivity index (χ4n) is 3.02. The van der Waals surface area contributed by atoms with Gasteiger partial charge >= 0.3 is 0 Å². The van der Waals surface area contributed by atoms with E-state index >= 15 is 0 Å². The molecule has 3 rings (SSSR count). The zero-order valence-electron chi connectivity index (χ0n) is 16.2. The highest BCUT2D eigenvalue weighted by Gasteiger charge is 2.24. The van der Waals surface area contributed by atoms with Crippen molar-refractivity contribution in [2.75, 3.05) is 51.0 Å². The van der Waals surface area contributed by atoms with Gasteiger partial charge in [0.1, 0.15) is 12.2 Å². The molecule has 1 aromatic carbocycles. The molecule has 2 amide bonds. The highest BCUT2D eigenvalue weighted by molar-refractivity contribution is 5.96. The molecule has 0 bridgehead atoms. The van der Waals surface area contributed by atoms with Crippen LogP contribution in [0.2, 0.25) is 0 Å². The average Bonchev–Trinajstić information content (AvgIpc) is 2.66. The molecule has 160 valence electrons. The zero-order chi connectivity index (χ0) is 19.6. The molecule has 0 saturated carbocycles. The van der Waals surface area contributed by atoms with Crippen LogP contribution in [0, 0.1) is 0 Å². The number of carbonyl (C=O) groups is 2. The van der Waals surface area contributed by atoms with Crippen molar-refractivity contribution in [1.29, 1.82) is 0 Å². The Kier molecular flexibility index (Phi) is 8.22. The number of anilines is 2. The highest BCUT2D eigenvalue weighted by atomic mass is 35.5. The van der Waals surface area contributed by atoms with Crippen LogP contribution in [0.1, 0.15) is 6.42 Å². The molecule has 0 unspecified atom stereocenters. The van der Waals surface area contributed by atoms with Crippen LogP contribution in [0.15, 0.2) is 12.1 Å². The lowest BCUT2D eigenvalue weighted by Gasteiger charge is -2.34. The fraction of sp³-hybridized carbons (Fsp3) is 0.412. The quantitative estimate of drug-likeness (QED) is 0.592. The average molecular weight is 429 g/mol. The summed E-state index contributed by atoms with van der Waals surface area (Å²) < 4.78 is 10.6. The smallest absolute Gasteiger partial charge is 0.232 e. The van der Waals surface area contributed by atoms with Crippen LogP contribution in [-0.4, -0.2) is 72.6 Å². The molecule has 1 aliphatic heterocycles. The highest BCUT2D eigenvalue weighted by Crippen LogP contribution is 2.34. The maximum absolute atomic E-state index is 11.9. The van der Waals surface area contributed by atoms with Crippen molar-refractivity contribution in [2.24, 2.45) is 5.73 Å². The summed E-state index contributed by atoms with van der Waals surface area (Å²) in [5.41, 5.74) is 11.8. The molecule has 0 aliphatic carbocycles. The Balaban J connectivity index is 0.00000210. The summed E-state index contributed by atoms with van der Waals surface area (Å²) in [7, 11) is 3.10. The molecular weight excluding hydrogens is 404 g/mol. The molecule has 2 heterocycles. The van der Waals surface area contributed by atoms with Gasteiger partial charge in [0.2, 0.25) is 17.8 Å². The van der Waals surface area contributed by atoms with Crippen molar-refractivity contribution in [3.05, 3.63) is 12.1 Å². The van der Waals surface area contributed by atoms with Gasteiger partial charge in [-0.3, -0.25) is 9.59 Å². The van der Waals surface area contributed by atoms with E-state index in [-0.39, 0.29) is 30.2 Å². The van der Waals surface area contributed by atoms with E-state index in [9.17, 15) is 9.59 Å². The van der Waals surface area contributed by atoms with Crippen molar-refractivity contribution in [3.8, 4) is 11.5 Å². The predicted molar refractivity (Wildman–Crippen MR) is 111 cm³/mol. The van der Waals surface area contributed by atoms with Gasteiger partial charge in [0.15, 0.2) is 11.5 Å². The van der Waals surface area contributed by atoms with Crippen LogP contribution in [0.4, 0.5) is 11.8 Å². The Morgan fingerprint density at radius 1 is 1.07 bits per heavy atom. The van der Waals surface area contributed by atoms with Gasteiger partial charge in [-0.1, -0.05) is 0 Å². The number of hydrogen-bond acceptors (Lipinski definition) is 8. The van der Waals surface area contributed by atoms with Gasteiger partial charge in [-0.25, -0.2) is 4.98 Å². The number of methoxy groups -OCH3 is 2. The van der Waals surface area contributed by atoms with Crippen molar-refractivity contribution in [2.45, 2.75) is 6.42 Å². The second-order valence-electron chi connectivity index (χ2n) is 6.14. The number of carbonyl (C=O) groups excluding carboxylic acids is 2. The second kappa shape index (κ2) is 9.94. The van der Waals surface area contributed by atoms with Crippen molar-refractivity contribution in [1.82, 2.24) is 14.9 Å². The number of rotatable bonds is 5. The lowest BCUT2D eigenvalue weighted by Crippen LogP contribution is -2.49. The molecule has 1 fully saturated rings. The molecule has 0 radical (unpaired) electrons. The fourth-order valence-corrected chi connectivity index (χ4v) is 3.02. The first-order chi connectivity index (χ1) is 12.9. The van der Waals surface area contributed by atoms with Crippen LogP contribution >= 0.6 is 12.4 Å². The first-order valence-corrected chi connectivity index (χ1v) is 8.43. The molecule has 1 saturated heterocycles. The van der Waals surface area contributed by atoms with Gasteiger partial charge in [-0.15, -0.1) is 12.4 Å². The number of hydrogen-bond donors (Lipinski definition) is 2. The number of halogens is 1. The van der Waals surface area contributed by atoms with Gasteiger partial charge in [-0.2, -0.15) is 4.98 Å². The molecule has 1 aromatic heterocycles. The first-order valence-electron chi connectivity index (χ1n) is 8.43. The van der Waals surface area contributed by atoms with Crippen LogP contribution in [-0.2, 0) is 9.59 Å². The molecule has 0 atom stereocenters. The number of piperazine rings is 1. The summed E-state index contributed by atoms with van der Waals surface area (Å²) in [6.45, 7) is 1.98. The molecule has 11 nitrogen and oxygen atoms in total. The largest absolute Gasteiger partial charge is 0.493 e. The Labute approximate surface area is 173 Å². The van der Waals surface area contributed by atoms with Crippen LogP contribution < -0.4 is 25.8 Å². The number of amides is 2. The first kappa shape index (κ1) is 24.0. The van der Waals surface area contributed by atoms with Crippen molar-refractivity contribution < 1.29 is 24.5 Å². The number of nitrogens with two attached hydrogens (primary N) is 2. The van der Waals surface area contributed by atoms with Gasteiger partial charge < -0.3 is 36.2 Å². The minimum absolute atomic E-state index is 0. The summed E-state index contributed by atoms with van der Waals surface area (Å²) in [5, 5.41) is 0.673.